The monoisotopic (exact) mass is 239 g/mol. The molecule has 1 atom stereocenters. The van der Waals surface area contributed by atoms with Crippen LogP contribution in [0.5, 0.6) is 0 Å². The Balaban J connectivity index is 2.35. The first kappa shape index (κ1) is 11.1. The lowest BCUT2D eigenvalue weighted by atomic mass is 10.2. The van der Waals surface area contributed by atoms with E-state index in [0.29, 0.717) is 16.4 Å². The van der Waals surface area contributed by atoms with Gasteiger partial charge in [-0.25, -0.2) is 0 Å². The standard InChI is InChI=1S/C10H10ClN3O2/c11-7-4-2-1-3-6(7)9-13-10(16-14-9)8(12)5-15/h1-4,8,15H,5,12H2/t8-/m0/s1. The van der Waals surface area contributed by atoms with E-state index in [4.69, 9.17) is 27.0 Å². The van der Waals surface area contributed by atoms with Crippen LogP contribution in [0.3, 0.4) is 0 Å². The van der Waals surface area contributed by atoms with Crippen molar-refractivity contribution < 1.29 is 9.63 Å². The smallest absolute Gasteiger partial charge is 0.246 e. The molecule has 5 nitrogen and oxygen atoms in total. The zero-order valence-corrected chi connectivity index (χ0v) is 9.05. The van der Waals surface area contributed by atoms with E-state index in [1.54, 1.807) is 12.1 Å². The van der Waals surface area contributed by atoms with Crippen molar-refractivity contribution in [1.82, 2.24) is 10.1 Å². The van der Waals surface area contributed by atoms with E-state index in [1.807, 2.05) is 12.1 Å². The number of aromatic nitrogens is 2. The van der Waals surface area contributed by atoms with Crippen molar-refractivity contribution in [2.24, 2.45) is 5.73 Å². The summed E-state index contributed by atoms with van der Waals surface area (Å²) in [4.78, 5) is 4.06. The zero-order chi connectivity index (χ0) is 11.5. The van der Waals surface area contributed by atoms with Crippen LogP contribution in [0.25, 0.3) is 11.4 Å². The van der Waals surface area contributed by atoms with Gasteiger partial charge in [0.25, 0.3) is 0 Å². The third kappa shape index (κ3) is 2.06. The maximum Gasteiger partial charge on any atom is 0.246 e. The highest BCUT2D eigenvalue weighted by Gasteiger charge is 2.15. The fourth-order valence-corrected chi connectivity index (χ4v) is 1.44. The van der Waals surface area contributed by atoms with Gasteiger partial charge in [0.05, 0.1) is 11.6 Å². The first-order valence-electron chi connectivity index (χ1n) is 4.67. The summed E-state index contributed by atoms with van der Waals surface area (Å²) in [6.45, 7) is -0.246. The molecule has 0 aliphatic rings. The minimum atomic E-state index is -0.663. The third-order valence-electron chi connectivity index (χ3n) is 2.07. The van der Waals surface area contributed by atoms with Crippen LogP contribution < -0.4 is 5.73 Å². The number of halogens is 1. The molecular weight excluding hydrogens is 230 g/mol. The second kappa shape index (κ2) is 4.61. The molecule has 0 radical (unpaired) electrons. The van der Waals surface area contributed by atoms with Crippen LogP contribution in [0.15, 0.2) is 28.8 Å². The molecule has 1 aromatic carbocycles. The van der Waals surface area contributed by atoms with Gasteiger partial charge in [0.2, 0.25) is 11.7 Å². The molecule has 0 saturated heterocycles. The summed E-state index contributed by atoms with van der Waals surface area (Å²) in [6.07, 6.45) is 0. The predicted molar refractivity (Wildman–Crippen MR) is 58.8 cm³/mol. The summed E-state index contributed by atoms with van der Waals surface area (Å²) in [5, 5.41) is 13.1. The number of hydrogen-bond acceptors (Lipinski definition) is 5. The van der Waals surface area contributed by atoms with Crippen molar-refractivity contribution >= 4 is 11.6 Å². The van der Waals surface area contributed by atoms with Crippen LogP contribution in [0, 0.1) is 0 Å². The summed E-state index contributed by atoms with van der Waals surface area (Å²) in [5.74, 6) is 0.557. The quantitative estimate of drug-likeness (QED) is 0.845. The first-order valence-corrected chi connectivity index (χ1v) is 5.05. The molecular formula is C10H10ClN3O2. The van der Waals surface area contributed by atoms with E-state index in [-0.39, 0.29) is 12.5 Å². The average Bonchev–Trinajstić information content (AvgIpc) is 2.78. The van der Waals surface area contributed by atoms with Crippen molar-refractivity contribution in [2.45, 2.75) is 6.04 Å². The number of rotatable bonds is 3. The molecule has 16 heavy (non-hydrogen) atoms. The zero-order valence-electron chi connectivity index (χ0n) is 8.30. The molecule has 2 aromatic rings. The van der Waals surface area contributed by atoms with E-state index in [1.165, 1.54) is 0 Å². The molecule has 1 heterocycles. The largest absolute Gasteiger partial charge is 0.394 e. The summed E-state index contributed by atoms with van der Waals surface area (Å²) < 4.78 is 4.92. The molecule has 0 spiro atoms. The van der Waals surface area contributed by atoms with Gasteiger partial charge in [0.15, 0.2) is 0 Å². The molecule has 0 amide bonds. The minimum Gasteiger partial charge on any atom is -0.394 e. The lowest BCUT2D eigenvalue weighted by Crippen LogP contribution is -2.14. The van der Waals surface area contributed by atoms with Crippen molar-refractivity contribution in [3.63, 3.8) is 0 Å². The predicted octanol–water partition coefficient (Wildman–Crippen LogP) is 1.38. The number of hydrogen-bond donors (Lipinski definition) is 2. The minimum absolute atomic E-state index is 0.192. The second-order valence-electron chi connectivity index (χ2n) is 3.23. The Labute approximate surface area is 96.8 Å². The summed E-state index contributed by atoms with van der Waals surface area (Å²) in [6, 6.07) is 6.49. The fraction of sp³-hybridized carbons (Fsp3) is 0.200. The van der Waals surface area contributed by atoms with Crippen LogP contribution in [0.4, 0.5) is 0 Å². The fourth-order valence-electron chi connectivity index (χ4n) is 1.22. The van der Waals surface area contributed by atoms with Gasteiger partial charge in [-0.1, -0.05) is 28.9 Å². The lowest BCUT2D eigenvalue weighted by Gasteiger charge is -1.99. The van der Waals surface area contributed by atoms with Crippen LogP contribution in [-0.4, -0.2) is 21.9 Å². The first-order chi connectivity index (χ1) is 7.72. The molecule has 6 heteroatoms. The Morgan fingerprint density at radius 3 is 2.88 bits per heavy atom. The van der Waals surface area contributed by atoms with Crippen molar-refractivity contribution in [3.8, 4) is 11.4 Å². The van der Waals surface area contributed by atoms with E-state index >= 15 is 0 Å². The maximum absolute atomic E-state index is 8.84. The van der Waals surface area contributed by atoms with Gasteiger partial charge in [-0.2, -0.15) is 4.98 Å². The highest BCUT2D eigenvalue weighted by molar-refractivity contribution is 6.33. The van der Waals surface area contributed by atoms with Gasteiger partial charge in [-0.05, 0) is 12.1 Å². The highest BCUT2D eigenvalue weighted by atomic mass is 35.5. The Hall–Kier alpha value is -1.43. The molecule has 3 N–H and O–H groups in total. The van der Waals surface area contributed by atoms with Crippen LogP contribution in [-0.2, 0) is 0 Å². The maximum atomic E-state index is 8.84. The molecule has 0 unspecified atom stereocenters. The van der Waals surface area contributed by atoms with Gasteiger partial charge in [0.1, 0.15) is 6.04 Å². The summed E-state index contributed by atoms with van der Waals surface area (Å²) >= 11 is 5.98. The highest BCUT2D eigenvalue weighted by Crippen LogP contribution is 2.25. The van der Waals surface area contributed by atoms with Crippen molar-refractivity contribution in [2.75, 3.05) is 6.61 Å². The van der Waals surface area contributed by atoms with E-state index < -0.39 is 6.04 Å². The molecule has 0 aliphatic heterocycles. The Kier molecular flexibility index (Phi) is 3.19. The van der Waals surface area contributed by atoms with Crippen molar-refractivity contribution in [1.29, 1.82) is 0 Å². The molecule has 0 bridgehead atoms. The molecule has 0 saturated carbocycles. The van der Waals surface area contributed by atoms with Crippen LogP contribution in [0.2, 0.25) is 5.02 Å². The van der Waals surface area contributed by atoms with E-state index in [0.717, 1.165) is 0 Å². The number of nitrogens with zero attached hydrogens (tertiary/aromatic N) is 2. The van der Waals surface area contributed by atoms with Gasteiger partial charge in [0, 0.05) is 5.56 Å². The van der Waals surface area contributed by atoms with Crippen LogP contribution >= 0.6 is 11.6 Å². The number of aliphatic hydroxyl groups excluding tert-OH is 1. The van der Waals surface area contributed by atoms with Gasteiger partial charge < -0.3 is 15.4 Å². The van der Waals surface area contributed by atoms with Crippen molar-refractivity contribution in [3.05, 3.63) is 35.2 Å². The second-order valence-corrected chi connectivity index (χ2v) is 3.63. The number of benzene rings is 1. The normalized spacial score (nSPS) is 12.7. The van der Waals surface area contributed by atoms with Gasteiger partial charge in [-0.15, -0.1) is 0 Å². The Morgan fingerprint density at radius 2 is 2.19 bits per heavy atom. The SMILES string of the molecule is N[C@@H](CO)c1nc(-c2ccccc2Cl)no1. The molecule has 0 fully saturated rings. The molecule has 84 valence electrons. The van der Waals surface area contributed by atoms with Gasteiger partial charge >= 0.3 is 0 Å². The van der Waals surface area contributed by atoms with E-state index in [2.05, 4.69) is 10.1 Å². The summed E-state index contributed by atoms with van der Waals surface area (Å²) in [7, 11) is 0. The molecule has 0 aliphatic carbocycles. The third-order valence-corrected chi connectivity index (χ3v) is 2.40. The Morgan fingerprint density at radius 1 is 1.44 bits per heavy atom. The number of nitrogens with two attached hydrogens (primary N) is 1. The topological polar surface area (TPSA) is 85.2 Å². The molecule has 1 aromatic heterocycles. The number of aliphatic hydroxyl groups is 1. The Bertz CT molecular complexity index is 486. The van der Waals surface area contributed by atoms with E-state index in [9.17, 15) is 0 Å². The molecule has 2 rings (SSSR count). The lowest BCUT2D eigenvalue weighted by molar-refractivity contribution is 0.237. The van der Waals surface area contributed by atoms with Gasteiger partial charge in [-0.3, -0.25) is 0 Å². The van der Waals surface area contributed by atoms with Crippen LogP contribution in [0.1, 0.15) is 11.9 Å². The average molecular weight is 240 g/mol. The summed E-state index contributed by atoms with van der Waals surface area (Å²) in [5.41, 5.74) is 6.22.